The average Bonchev–Trinajstić information content (AvgIpc) is 2.52. The van der Waals surface area contributed by atoms with E-state index in [0.29, 0.717) is 6.04 Å². The molecule has 1 rings (SSSR count). The maximum atomic E-state index is 10.9. The number of alkyl carbamates (subject to hydrolysis) is 1. The fourth-order valence-corrected chi connectivity index (χ4v) is 1.98. The van der Waals surface area contributed by atoms with E-state index in [9.17, 15) is 4.79 Å². The van der Waals surface area contributed by atoms with E-state index in [1.54, 1.807) is 0 Å². The van der Waals surface area contributed by atoms with Crippen molar-refractivity contribution in [3.63, 3.8) is 0 Å². The third kappa shape index (κ3) is 2.90. The summed E-state index contributed by atoms with van der Waals surface area (Å²) in [4.78, 5) is 10.9. The molecule has 0 unspecified atom stereocenters. The van der Waals surface area contributed by atoms with E-state index in [0.717, 1.165) is 24.7 Å². The lowest BCUT2D eigenvalue weighted by Gasteiger charge is -2.14. The third-order valence-corrected chi connectivity index (χ3v) is 2.92. The molecule has 0 saturated heterocycles. The molecule has 13 heavy (non-hydrogen) atoms. The Bertz CT molecular complexity index is 185. The van der Waals surface area contributed by atoms with Gasteiger partial charge in [0, 0.05) is 7.47 Å². The number of rotatable bonds is 2. The molecule has 1 aliphatic rings. The van der Waals surface area contributed by atoms with Gasteiger partial charge in [0.1, 0.15) is 0 Å². The first-order valence-corrected chi connectivity index (χ1v) is 4.98. The van der Waals surface area contributed by atoms with Gasteiger partial charge in [-0.1, -0.05) is 13.8 Å². The highest BCUT2D eigenvalue weighted by atomic mass is 16.5. The maximum Gasteiger partial charge on any atom is 0.407 e. The molecule has 2 atom stereocenters. The summed E-state index contributed by atoms with van der Waals surface area (Å²) in [6, 6.07) is 0.333. The van der Waals surface area contributed by atoms with Gasteiger partial charge in [-0.3, -0.25) is 0 Å². The van der Waals surface area contributed by atoms with Crippen LogP contribution in [-0.4, -0.2) is 19.2 Å². The molecule has 1 saturated carbocycles. The summed E-state index contributed by atoms with van der Waals surface area (Å²) < 4.78 is 4.56. The average molecular weight is 187 g/mol. The van der Waals surface area contributed by atoms with E-state index in [-0.39, 0.29) is 7.52 Å². The summed E-state index contributed by atoms with van der Waals surface area (Å²) in [5.41, 5.74) is 0. The van der Waals surface area contributed by atoms with Gasteiger partial charge in [0.15, 0.2) is 0 Å². The highest BCUT2D eigenvalue weighted by molar-refractivity contribution is 5.67. The van der Waals surface area contributed by atoms with Gasteiger partial charge in [-0.05, 0) is 31.1 Å². The molecule has 78 valence electrons. The van der Waals surface area contributed by atoms with Gasteiger partial charge in [-0.2, -0.15) is 0 Å². The summed E-state index contributed by atoms with van der Waals surface area (Å²) in [6.45, 7) is 4.48. The van der Waals surface area contributed by atoms with Crippen molar-refractivity contribution in [2.45, 2.75) is 39.2 Å². The fourth-order valence-electron chi connectivity index (χ4n) is 1.98. The number of nitrogens with one attached hydrogen (secondary N) is 1. The topological polar surface area (TPSA) is 38.3 Å². The summed E-state index contributed by atoms with van der Waals surface area (Å²) in [5.74, 6) is 1.49. The van der Waals surface area contributed by atoms with E-state index in [1.165, 1.54) is 13.5 Å². The molecular formula is C10H21NO2. The number of methoxy groups -OCH3 is 1. The molecule has 1 aliphatic carbocycles. The Hall–Kier alpha value is -0.730. The molecule has 0 spiro atoms. The van der Waals surface area contributed by atoms with Gasteiger partial charge in [-0.15, -0.1) is 0 Å². The van der Waals surface area contributed by atoms with Gasteiger partial charge < -0.3 is 10.1 Å². The second-order valence-electron chi connectivity index (χ2n) is 4.15. The Morgan fingerprint density at radius 3 is 2.69 bits per heavy atom. The summed E-state index contributed by atoms with van der Waals surface area (Å²) >= 11 is 0. The smallest absolute Gasteiger partial charge is 0.407 e. The quantitative estimate of drug-likeness (QED) is 0.721. The van der Waals surface area contributed by atoms with Gasteiger partial charge >= 0.3 is 6.09 Å². The Kier molecular flexibility index (Phi) is 3.58. The predicted octanol–water partition coefficient (Wildman–Crippen LogP) is 2.41. The molecule has 1 N–H and O–H groups in total. The van der Waals surface area contributed by atoms with E-state index in [2.05, 4.69) is 23.9 Å². The number of carbonyl (C=O) groups excluding carboxylic acids is 1. The molecule has 0 aliphatic heterocycles. The van der Waals surface area contributed by atoms with Gasteiger partial charge in [-0.25, -0.2) is 4.79 Å². The lowest BCUT2D eigenvalue weighted by atomic mass is 9.94. The zero-order chi connectivity index (χ0) is 9.84. The normalized spacial score (nSPS) is 27.7. The van der Waals surface area contributed by atoms with Crippen molar-refractivity contribution in [3.8, 4) is 0 Å². The molecule has 3 heteroatoms. The number of carbonyl (C=O) groups is 1. The fraction of sp³-hybridized carbons (Fsp3) is 0.900. The van der Waals surface area contributed by atoms with Crippen molar-refractivity contribution in [1.29, 1.82) is 0 Å². The largest absolute Gasteiger partial charge is 0.453 e. The Morgan fingerprint density at radius 2 is 2.23 bits per heavy atom. The van der Waals surface area contributed by atoms with Crippen LogP contribution in [-0.2, 0) is 4.74 Å². The molecule has 0 aromatic rings. The SMILES string of the molecule is COC(=O)N[C@H]1CC[C@H](C(C)C)C1.[HH]. The molecule has 0 radical (unpaired) electrons. The molecule has 0 aromatic carbocycles. The van der Waals surface area contributed by atoms with Crippen LogP contribution in [0.3, 0.4) is 0 Å². The highest BCUT2D eigenvalue weighted by Gasteiger charge is 2.27. The second-order valence-corrected chi connectivity index (χ2v) is 4.15. The van der Waals surface area contributed by atoms with Gasteiger partial charge in [0.2, 0.25) is 0 Å². The first-order chi connectivity index (χ1) is 6.13. The summed E-state index contributed by atoms with van der Waals surface area (Å²) in [6.07, 6.45) is 3.13. The molecule has 0 aromatic heterocycles. The van der Waals surface area contributed by atoms with Gasteiger partial charge in [0.25, 0.3) is 0 Å². The minimum absolute atomic E-state index is 0. The standard InChI is InChI=1S/C10H19NO2.H2/c1-7(2)8-4-5-9(6-8)11-10(12)13-3;/h7-9H,4-6H2,1-3H3,(H,11,12);1H/t8-,9-;/m0./s1. The molecule has 1 fully saturated rings. The summed E-state index contributed by atoms with van der Waals surface area (Å²) in [5, 5.41) is 2.85. The number of hydrogen-bond donors (Lipinski definition) is 1. The first-order valence-electron chi connectivity index (χ1n) is 4.98. The van der Waals surface area contributed by atoms with Crippen LogP contribution in [0.2, 0.25) is 0 Å². The Labute approximate surface area is 81.3 Å². The zero-order valence-corrected chi connectivity index (χ0v) is 8.67. The minimum atomic E-state index is -0.297. The third-order valence-electron chi connectivity index (χ3n) is 2.92. The monoisotopic (exact) mass is 187 g/mol. The number of amides is 1. The molecular weight excluding hydrogens is 166 g/mol. The van der Waals surface area contributed by atoms with E-state index in [4.69, 9.17) is 0 Å². The van der Waals surface area contributed by atoms with Crippen molar-refractivity contribution in [2.24, 2.45) is 11.8 Å². The number of ether oxygens (including phenoxy) is 1. The van der Waals surface area contributed by atoms with E-state index < -0.39 is 0 Å². The van der Waals surface area contributed by atoms with Gasteiger partial charge in [0.05, 0.1) is 7.11 Å². The van der Waals surface area contributed by atoms with Crippen LogP contribution < -0.4 is 5.32 Å². The highest BCUT2D eigenvalue weighted by Crippen LogP contribution is 2.31. The van der Waals surface area contributed by atoms with Crippen LogP contribution in [0.4, 0.5) is 4.79 Å². The van der Waals surface area contributed by atoms with Crippen molar-refractivity contribution >= 4 is 6.09 Å². The lowest BCUT2D eigenvalue weighted by Crippen LogP contribution is -2.32. The molecule has 3 nitrogen and oxygen atoms in total. The molecule has 0 bridgehead atoms. The Balaban J connectivity index is 0.00000169. The Morgan fingerprint density at radius 1 is 1.54 bits per heavy atom. The minimum Gasteiger partial charge on any atom is -0.453 e. The van der Waals surface area contributed by atoms with Crippen LogP contribution in [0.25, 0.3) is 0 Å². The van der Waals surface area contributed by atoms with E-state index >= 15 is 0 Å². The van der Waals surface area contributed by atoms with Crippen molar-refractivity contribution in [2.75, 3.05) is 7.11 Å². The first kappa shape index (κ1) is 10.4. The van der Waals surface area contributed by atoms with Crippen molar-refractivity contribution in [1.82, 2.24) is 5.32 Å². The molecule has 1 amide bonds. The predicted molar refractivity (Wildman–Crippen MR) is 53.6 cm³/mol. The maximum absolute atomic E-state index is 10.9. The van der Waals surface area contributed by atoms with Crippen molar-refractivity contribution < 1.29 is 11.0 Å². The molecule has 0 heterocycles. The summed E-state index contributed by atoms with van der Waals surface area (Å²) in [7, 11) is 1.41. The van der Waals surface area contributed by atoms with Crippen LogP contribution in [0.15, 0.2) is 0 Å². The van der Waals surface area contributed by atoms with Crippen LogP contribution >= 0.6 is 0 Å². The second kappa shape index (κ2) is 4.49. The zero-order valence-electron chi connectivity index (χ0n) is 8.67. The van der Waals surface area contributed by atoms with Crippen LogP contribution in [0.5, 0.6) is 0 Å². The van der Waals surface area contributed by atoms with Crippen LogP contribution in [0.1, 0.15) is 34.5 Å². The lowest BCUT2D eigenvalue weighted by molar-refractivity contribution is 0.166. The van der Waals surface area contributed by atoms with Crippen LogP contribution in [0, 0.1) is 11.8 Å². The number of hydrogen-bond acceptors (Lipinski definition) is 2. The van der Waals surface area contributed by atoms with E-state index in [1.807, 2.05) is 0 Å². The van der Waals surface area contributed by atoms with Crippen molar-refractivity contribution in [3.05, 3.63) is 0 Å².